The third-order valence-electron chi connectivity index (χ3n) is 9.22. The van der Waals surface area contributed by atoms with Crippen molar-refractivity contribution in [2.75, 3.05) is 5.32 Å². The number of fused-ring (bicyclic) bond motifs is 8. The standard InChI is InChI=1S/C39H29BN2O/c1-22-12-15-25(16-13-22)41-32-21-36-29(26-8-5-7-11-35(26)43-36)20-28(32)30-19-24(3)37-27-9-4-6-10-33(27)42-34-17-14-23(2)18-31(34)40-38(30)39(37)42/h4-21,40-41H,1-3H3. The van der Waals surface area contributed by atoms with Crippen LogP contribution < -0.4 is 16.2 Å². The summed E-state index contributed by atoms with van der Waals surface area (Å²) in [5.41, 5.74) is 16.8. The van der Waals surface area contributed by atoms with Gasteiger partial charge in [0.2, 0.25) is 0 Å². The number of para-hydroxylation sites is 2. The van der Waals surface area contributed by atoms with Crippen LogP contribution in [0.25, 0.3) is 60.6 Å². The van der Waals surface area contributed by atoms with Crippen LogP contribution in [0.1, 0.15) is 16.7 Å². The van der Waals surface area contributed by atoms with E-state index in [1.165, 1.54) is 66.2 Å². The molecule has 0 saturated carbocycles. The quantitative estimate of drug-likeness (QED) is 0.222. The Kier molecular flexibility index (Phi) is 5.04. The fraction of sp³-hybridized carbons (Fsp3) is 0.0769. The molecule has 1 aliphatic rings. The predicted molar refractivity (Wildman–Crippen MR) is 184 cm³/mol. The Balaban J connectivity index is 1.40. The van der Waals surface area contributed by atoms with Crippen LogP contribution in [-0.2, 0) is 0 Å². The third-order valence-corrected chi connectivity index (χ3v) is 9.22. The lowest BCUT2D eigenvalue weighted by molar-refractivity contribution is 0.669. The number of hydrogen-bond acceptors (Lipinski definition) is 2. The second-order valence-corrected chi connectivity index (χ2v) is 12.1. The van der Waals surface area contributed by atoms with Crippen LogP contribution in [0.15, 0.2) is 114 Å². The van der Waals surface area contributed by atoms with Crippen molar-refractivity contribution in [2.24, 2.45) is 0 Å². The van der Waals surface area contributed by atoms with E-state index >= 15 is 0 Å². The predicted octanol–water partition coefficient (Wildman–Crippen LogP) is 8.72. The van der Waals surface area contributed by atoms with Crippen molar-refractivity contribution >= 4 is 73.3 Å². The van der Waals surface area contributed by atoms with Gasteiger partial charge in [0.15, 0.2) is 7.28 Å². The van der Waals surface area contributed by atoms with E-state index in [0.717, 1.165) is 40.6 Å². The molecule has 0 unspecified atom stereocenters. The molecule has 3 nitrogen and oxygen atoms in total. The van der Waals surface area contributed by atoms with E-state index < -0.39 is 0 Å². The molecule has 0 spiro atoms. The largest absolute Gasteiger partial charge is 0.456 e. The molecule has 2 aromatic heterocycles. The number of hydrogen-bond donors (Lipinski definition) is 1. The average Bonchev–Trinajstić information content (AvgIpc) is 3.56. The maximum Gasteiger partial charge on any atom is 0.198 e. The number of furan rings is 1. The normalized spacial score (nSPS) is 12.3. The van der Waals surface area contributed by atoms with E-state index in [2.05, 4.69) is 134 Å². The maximum absolute atomic E-state index is 6.38. The number of aryl methyl sites for hydroxylation is 3. The zero-order valence-electron chi connectivity index (χ0n) is 24.5. The summed E-state index contributed by atoms with van der Waals surface area (Å²) in [6, 6.07) is 39.7. The van der Waals surface area contributed by atoms with E-state index in [4.69, 9.17) is 4.42 Å². The zero-order valence-corrected chi connectivity index (χ0v) is 24.5. The second kappa shape index (κ2) is 8.89. The number of aromatic nitrogens is 1. The molecule has 0 aliphatic carbocycles. The van der Waals surface area contributed by atoms with Gasteiger partial charge in [-0.05, 0) is 73.8 Å². The molecule has 0 radical (unpaired) electrons. The number of nitrogens with one attached hydrogen (secondary N) is 1. The summed E-state index contributed by atoms with van der Waals surface area (Å²) in [5, 5.41) is 8.71. The average molecular weight is 552 g/mol. The highest BCUT2D eigenvalue weighted by molar-refractivity contribution is 6.73. The van der Waals surface area contributed by atoms with Gasteiger partial charge in [-0.3, -0.25) is 0 Å². The number of nitrogens with zero attached hydrogens (tertiary/aromatic N) is 1. The molecule has 0 atom stereocenters. The molecule has 0 fully saturated rings. The van der Waals surface area contributed by atoms with Crippen molar-refractivity contribution in [3.8, 4) is 16.8 Å². The van der Waals surface area contributed by atoms with Gasteiger partial charge in [0.05, 0.1) is 11.2 Å². The molecular weight excluding hydrogens is 523 g/mol. The van der Waals surface area contributed by atoms with Gasteiger partial charge in [-0.25, -0.2) is 0 Å². The first-order valence-corrected chi connectivity index (χ1v) is 15.0. The van der Waals surface area contributed by atoms with Gasteiger partial charge in [0.1, 0.15) is 11.2 Å². The molecule has 3 heterocycles. The molecule has 4 heteroatoms. The minimum Gasteiger partial charge on any atom is -0.456 e. The van der Waals surface area contributed by atoms with E-state index in [1.807, 2.05) is 6.07 Å². The maximum atomic E-state index is 6.38. The van der Waals surface area contributed by atoms with Crippen molar-refractivity contribution in [1.82, 2.24) is 4.57 Å². The highest BCUT2D eigenvalue weighted by Crippen LogP contribution is 2.42. The zero-order chi connectivity index (χ0) is 28.8. The van der Waals surface area contributed by atoms with E-state index in [-0.39, 0.29) is 0 Å². The Hall–Kier alpha value is -5.22. The molecule has 8 aromatic rings. The van der Waals surface area contributed by atoms with Crippen molar-refractivity contribution < 1.29 is 4.42 Å². The van der Waals surface area contributed by atoms with Gasteiger partial charge in [0, 0.05) is 50.1 Å². The molecule has 1 N–H and O–H groups in total. The van der Waals surface area contributed by atoms with Crippen LogP contribution in [0.3, 0.4) is 0 Å². The lowest BCUT2D eigenvalue weighted by Gasteiger charge is -2.25. The summed E-state index contributed by atoms with van der Waals surface area (Å²) in [5.74, 6) is 0. The minimum atomic E-state index is 0.883. The molecule has 43 heavy (non-hydrogen) atoms. The fourth-order valence-electron chi connectivity index (χ4n) is 7.25. The van der Waals surface area contributed by atoms with Crippen molar-refractivity contribution in [1.29, 1.82) is 0 Å². The van der Waals surface area contributed by atoms with Crippen molar-refractivity contribution in [2.45, 2.75) is 20.8 Å². The Labute approximate surface area is 250 Å². The Morgan fingerprint density at radius 2 is 1.42 bits per heavy atom. The summed E-state index contributed by atoms with van der Waals surface area (Å²) in [7, 11) is 0.883. The monoisotopic (exact) mass is 552 g/mol. The van der Waals surface area contributed by atoms with E-state index in [1.54, 1.807) is 0 Å². The molecule has 6 aromatic carbocycles. The molecule has 204 valence electrons. The highest BCUT2D eigenvalue weighted by atomic mass is 16.3. The summed E-state index contributed by atoms with van der Waals surface area (Å²) in [6.07, 6.45) is 0. The van der Waals surface area contributed by atoms with Crippen LogP contribution in [0.2, 0.25) is 0 Å². The first-order valence-electron chi connectivity index (χ1n) is 15.0. The van der Waals surface area contributed by atoms with Crippen LogP contribution in [0.4, 0.5) is 11.4 Å². The summed E-state index contributed by atoms with van der Waals surface area (Å²) >= 11 is 0. The van der Waals surface area contributed by atoms with Crippen LogP contribution >= 0.6 is 0 Å². The first kappa shape index (κ1) is 24.4. The molecule has 0 saturated heterocycles. The van der Waals surface area contributed by atoms with Gasteiger partial charge in [0.25, 0.3) is 0 Å². The van der Waals surface area contributed by atoms with Gasteiger partial charge in [-0.1, -0.05) is 83.3 Å². The second-order valence-electron chi connectivity index (χ2n) is 12.1. The highest BCUT2D eigenvalue weighted by Gasteiger charge is 2.28. The molecule has 0 amide bonds. The number of anilines is 2. The van der Waals surface area contributed by atoms with Gasteiger partial charge in [-0.15, -0.1) is 0 Å². The number of rotatable bonds is 3. The number of benzene rings is 6. The van der Waals surface area contributed by atoms with Crippen LogP contribution in [0, 0.1) is 20.8 Å². The van der Waals surface area contributed by atoms with Gasteiger partial charge < -0.3 is 14.3 Å². The minimum absolute atomic E-state index is 0.883. The first-order chi connectivity index (χ1) is 21.0. The summed E-state index contributed by atoms with van der Waals surface area (Å²) < 4.78 is 8.88. The molecular formula is C39H29BN2O. The lowest BCUT2D eigenvalue weighted by atomic mass is 9.58. The Morgan fingerprint density at radius 1 is 0.651 bits per heavy atom. The Morgan fingerprint density at radius 3 is 2.28 bits per heavy atom. The van der Waals surface area contributed by atoms with Crippen molar-refractivity contribution in [3.05, 3.63) is 126 Å². The molecule has 9 rings (SSSR count). The van der Waals surface area contributed by atoms with E-state index in [9.17, 15) is 0 Å². The topological polar surface area (TPSA) is 30.1 Å². The Bertz CT molecular complexity index is 2430. The molecule has 0 bridgehead atoms. The van der Waals surface area contributed by atoms with Gasteiger partial charge >= 0.3 is 0 Å². The smallest absolute Gasteiger partial charge is 0.198 e. The van der Waals surface area contributed by atoms with Crippen molar-refractivity contribution in [3.63, 3.8) is 0 Å². The summed E-state index contributed by atoms with van der Waals surface area (Å²) in [6.45, 7) is 6.58. The summed E-state index contributed by atoms with van der Waals surface area (Å²) in [4.78, 5) is 0. The van der Waals surface area contributed by atoms with Crippen LogP contribution in [-0.4, -0.2) is 11.8 Å². The SMILES string of the molecule is Cc1ccc(Nc2cc3oc4ccccc4c3cc2-c2cc(C)c3c4ccccc4n4c3c2Bc2cc(C)ccc2-4)cc1. The van der Waals surface area contributed by atoms with E-state index in [0.29, 0.717) is 0 Å². The third kappa shape index (κ3) is 3.56. The van der Waals surface area contributed by atoms with Crippen LogP contribution in [0.5, 0.6) is 0 Å². The fourth-order valence-corrected chi connectivity index (χ4v) is 7.25. The lowest BCUT2D eigenvalue weighted by Crippen LogP contribution is -2.37. The van der Waals surface area contributed by atoms with Gasteiger partial charge in [-0.2, -0.15) is 0 Å². The molecule has 1 aliphatic heterocycles.